The Labute approximate surface area is 150 Å². The average Bonchev–Trinajstić information content (AvgIpc) is 3.11. The summed E-state index contributed by atoms with van der Waals surface area (Å²) in [4.78, 5) is 27.7. The number of hydrogen-bond acceptors (Lipinski definition) is 5. The van der Waals surface area contributed by atoms with Gasteiger partial charge < -0.3 is 10.2 Å². The quantitative estimate of drug-likeness (QED) is 0.688. The van der Waals surface area contributed by atoms with Gasteiger partial charge in [-0.1, -0.05) is 0 Å². The molecule has 2 rings (SSSR count). The van der Waals surface area contributed by atoms with Crippen molar-refractivity contribution in [3.63, 3.8) is 0 Å². The molecule has 2 fully saturated rings. The van der Waals surface area contributed by atoms with E-state index >= 15 is 0 Å². The lowest BCUT2D eigenvalue weighted by Gasteiger charge is -2.30. The molecule has 150 valence electrons. The van der Waals surface area contributed by atoms with Crippen LogP contribution in [0.3, 0.4) is 0 Å². The first-order chi connectivity index (χ1) is 12.0. The van der Waals surface area contributed by atoms with E-state index in [-0.39, 0.29) is 30.0 Å². The fraction of sp³-hybridized carbons (Fsp3) is 0.867. The van der Waals surface area contributed by atoms with Crippen molar-refractivity contribution >= 4 is 21.7 Å². The Morgan fingerprint density at radius 2 is 1.96 bits per heavy atom. The fourth-order valence-corrected chi connectivity index (χ4v) is 5.27. The second-order valence-electron chi connectivity index (χ2n) is 6.70. The Balaban J connectivity index is 1.94. The molecule has 2 amide bonds. The molecule has 0 saturated carbocycles. The number of amides is 2. The van der Waals surface area contributed by atoms with Crippen LogP contribution in [0.1, 0.15) is 26.2 Å². The van der Waals surface area contributed by atoms with Crippen LogP contribution in [0.15, 0.2) is 0 Å². The molecule has 0 aromatic rings. The van der Waals surface area contributed by atoms with Gasteiger partial charge in [0.15, 0.2) is 9.84 Å². The first kappa shape index (κ1) is 20.9. The highest BCUT2D eigenvalue weighted by atomic mass is 32.2. The van der Waals surface area contributed by atoms with Crippen molar-refractivity contribution in [2.45, 2.75) is 44.4 Å². The van der Waals surface area contributed by atoms with Gasteiger partial charge in [-0.15, -0.1) is 0 Å². The van der Waals surface area contributed by atoms with Gasteiger partial charge in [0, 0.05) is 12.6 Å². The monoisotopic (exact) mass is 399 g/mol. The average molecular weight is 399 g/mol. The lowest BCUT2D eigenvalue weighted by atomic mass is 10.2. The lowest BCUT2D eigenvalue weighted by molar-refractivity contribution is -0.142. The van der Waals surface area contributed by atoms with E-state index in [1.807, 2.05) is 5.32 Å². The Hall–Kier alpha value is -1.36. The fourth-order valence-electron chi connectivity index (χ4n) is 3.54. The molecule has 2 aliphatic heterocycles. The van der Waals surface area contributed by atoms with Gasteiger partial charge in [0.25, 0.3) is 0 Å². The van der Waals surface area contributed by atoms with Crippen molar-refractivity contribution in [3.05, 3.63) is 0 Å². The molecule has 0 spiro atoms. The van der Waals surface area contributed by atoms with Crippen LogP contribution in [0.4, 0.5) is 13.2 Å². The maximum Gasteiger partial charge on any atom is 0.405 e. The van der Waals surface area contributed by atoms with Gasteiger partial charge in [-0.3, -0.25) is 14.5 Å². The number of halogens is 3. The maximum absolute atomic E-state index is 12.6. The highest BCUT2D eigenvalue weighted by molar-refractivity contribution is 7.91. The van der Waals surface area contributed by atoms with Gasteiger partial charge in [-0.05, 0) is 32.7 Å². The normalized spacial score (nSPS) is 26.0. The number of rotatable bonds is 6. The molecular formula is C15H24F3N3O4S. The zero-order valence-corrected chi connectivity index (χ0v) is 15.4. The number of carbonyl (C=O) groups excluding carboxylic acids is 2. The zero-order valence-electron chi connectivity index (χ0n) is 14.6. The van der Waals surface area contributed by atoms with E-state index < -0.39 is 34.5 Å². The van der Waals surface area contributed by atoms with Gasteiger partial charge in [-0.2, -0.15) is 13.2 Å². The largest absolute Gasteiger partial charge is 0.405 e. The number of carbonyl (C=O) groups is 2. The molecule has 0 bridgehead atoms. The lowest BCUT2D eigenvalue weighted by Crippen LogP contribution is -2.51. The van der Waals surface area contributed by atoms with Crippen molar-refractivity contribution in [1.82, 2.24) is 15.1 Å². The molecule has 2 saturated heterocycles. The summed E-state index contributed by atoms with van der Waals surface area (Å²) in [6, 6.07) is -1.15. The summed E-state index contributed by atoms with van der Waals surface area (Å²) in [7, 11) is -3.14. The number of nitrogens with one attached hydrogen (secondary N) is 1. The summed E-state index contributed by atoms with van der Waals surface area (Å²) in [6.45, 7) is 1.04. The molecule has 1 N–H and O–H groups in total. The summed E-state index contributed by atoms with van der Waals surface area (Å²) in [5.74, 6) is -1.06. The third-order valence-electron chi connectivity index (χ3n) is 4.78. The van der Waals surface area contributed by atoms with Crippen LogP contribution >= 0.6 is 0 Å². The minimum Gasteiger partial charge on any atom is -0.346 e. The number of alkyl halides is 3. The molecule has 0 radical (unpaired) electrons. The number of likely N-dealkylation sites (N-methyl/N-ethyl adjacent to an activating group) is 1. The summed E-state index contributed by atoms with van der Waals surface area (Å²) < 4.78 is 60.0. The number of hydrogen-bond donors (Lipinski definition) is 1. The van der Waals surface area contributed by atoms with E-state index in [2.05, 4.69) is 0 Å². The van der Waals surface area contributed by atoms with Crippen molar-refractivity contribution in [3.8, 4) is 0 Å². The van der Waals surface area contributed by atoms with E-state index in [1.54, 1.807) is 11.8 Å². The van der Waals surface area contributed by atoms with E-state index in [9.17, 15) is 31.2 Å². The Morgan fingerprint density at radius 3 is 2.50 bits per heavy atom. The van der Waals surface area contributed by atoms with Crippen molar-refractivity contribution < 1.29 is 31.2 Å². The van der Waals surface area contributed by atoms with Crippen LogP contribution in [-0.2, 0) is 19.4 Å². The number of likely N-dealkylation sites (tertiary alicyclic amines) is 1. The zero-order chi connectivity index (χ0) is 19.5. The molecule has 11 heteroatoms. The van der Waals surface area contributed by atoms with Gasteiger partial charge in [-0.25, -0.2) is 8.42 Å². The summed E-state index contributed by atoms with van der Waals surface area (Å²) in [5.41, 5.74) is 0. The molecule has 0 aromatic carbocycles. The van der Waals surface area contributed by atoms with Gasteiger partial charge in [0.1, 0.15) is 6.54 Å². The van der Waals surface area contributed by atoms with Crippen LogP contribution < -0.4 is 5.32 Å². The summed E-state index contributed by atoms with van der Waals surface area (Å²) >= 11 is 0. The smallest absolute Gasteiger partial charge is 0.346 e. The number of nitrogens with zero attached hydrogens (tertiary/aromatic N) is 2. The van der Waals surface area contributed by atoms with E-state index in [4.69, 9.17) is 0 Å². The molecule has 2 atom stereocenters. The van der Waals surface area contributed by atoms with Crippen molar-refractivity contribution in [2.24, 2.45) is 0 Å². The minimum atomic E-state index is -4.48. The Morgan fingerprint density at radius 1 is 1.27 bits per heavy atom. The molecular weight excluding hydrogens is 375 g/mol. The molecule has 2 heterocycles. The van der Waals surface area contributed by atoms with E-state index in [0.717, 1.165) is 0 Å². The predicted octanol–water partition coefficient (Wildman–Crippen LogP) is 0.165. The maximum atomic E-state index is 12.6. The van der Waals surface area contributed by atoms with Gasteiger partial charge in [0.2, 0.25) is 11.8 Å². The Bertz CT molecular complexity index is 639. The van der Waals surface area contributed by atoms with Crippen LogP contribution in [0.2, 0.25) is 0 Å². The molecule has 7 nitrogen and oxygen atoms in total. The molecule has 2 aliphatic rings. The summed E-state index contributed by atoms with van der Waals surface area (Å²) in [6.07, 6.45) is -3.10. The molecule has 0 aliphatic carbocycles. The molecule has 26 heavy (non-hydrogen) atoms. The standard InChI is InChI=1S/C15H24F3N3O4S/c1-2-21(11-5-7-26(24,25)9-11)13(22)8-20-6-3-4-12(20)14(23)19-10-15(16,17)18/h11-12H,2-10H2,1H3,(H,19,23). The first-order valence-electron chi connectivity index (χ1n) is 8.61. The molecule has 0 aromatic heterocycles. The van der Waals surface area contributed by atoms with E-state index in [1.165, 1.54) is 4.90 Å². The Kier molecular flexibility index (Phi) is 6.54. The van der Waals surface area contributed by atoms with E-state index in [0.29, 0.717) is 32.4 Å². The van der Waals surface area contributed by atoms with Crippen LogP contribution in [0.25, 0.3) is 0 Å². The third-order valence-corrected chi connectivity index (χ3v) is 6.53. The third kappa shape index (κ3) is 5.57. The minimum absolute atomic E-state index is 0.0492. The second-order valence-corrected chi connectivity index (χ2v) is 8.93. The highest BCUT2D eigenvalue weighted by Gasteiger charge is 2.38. The van der Waals surface area contributed by atoms with Gasteiger partial charge >= 0.3 is 6.18 Å². The topological polar surface area (TPSA) is 86.8 Å². The number of sulfone groups is 1. The van der Waals surface area contributed by atoms with Gasteiger partial charge in [0.05, 0.1) is 24.1 Å². The van der Waals surface area contributed by atoms with Crippen LogP contribution in [0.5, 0.6) is 0 Å². The summed E-state index contributed by atoms with van der Waals surface area (Å²) in [5, 5.41) is 1.87. The van der Waals surface area contributed by atoms with Crippen LogP contribution in [0, 0.1) is 0 Å². The van der Waals surface area contributed by atoms with Crippen molar-refractivity contribution in [1.29, 1.82) is 0 Å². The first-order valence-corrected chi connectivity index (χ1v) is 10.4. The predicted molar refractivity (Wildman–Crippen MR) is 88.1 cm³/mol. The SMILES string of the molecule is CCN(C(=O)CN1CCCC1C(=O)NCC(F)(F)F)C1CCS(=O)(=O)C1. The second kappa shape index (κ2) is 8.12. The van der Waals surface area contributed by atoms with Crippen LogP contribution in [-0.4, -0.2) is 86.0 Å². The molecule has 2 unspecified atom stereocenters. The van der Waals surface area contributed by atoms with Crippen molar-refractivity contribution in [2.75, 3.05) is 37.7 Å². The highest BCUT2D eigenvalue weighted by Crippen LogP contribution is 2.21.